The largest absolute Gasteiger partial charge is 0.478 e. The first-order valence-corrected chi connectivity index (χ1v) is 12.7. The second-order valence-electron chi connectivity index (χ2n) is 8.86. The van der Waals surface area contributed by atoms with Gasteiger partial charge in [-0.1, -0.05) is 71.9 Å². The molecule has 0 aliphatic carbocycles. The van der Waals surface area contributed by atoms with Crippen molar-refractivity contribution in [1.82, 2.24) is 5.01 Å². The predicted molar refractivity (Wildman–Crippen MR) is 144 cm³/mol. The Bertz CT molecular complexity index is 1400. The van der Waals surface area contributed by atoms with E-state index in [0.29, 0.717) is 17.3 Å². The number of thioether (sulfide) groups is 1. The van der Waals surface area contributed by atoms with Crippen LogP contribution in [0.5, 0.6) is 0 Å². The summed E-state index contributed by atoms with van der Waals surface area (Å²) in [6, 6.07) is 23.9. The Kier molecular flexibility index (Phi) is 6.87. The highest BCUT2D eigenvalue weighted by molar-refractivity contribution is 8.15. The molecule has 0 saturated heterocycles. The standard InChI is InChI=1S/C28H24N4O4S/c1-17-7-9-18(10-8-17)22-15-23(19-5-3-2-4-6-19)32(31-22)28-30-26(34)24(37-28)16-25(33)29-21-13-11-20(12-14-21)27(35)36/h2-14,23-24H,15-16H2,1H3,(H,29,33)(H,35,36)/t23-,24-/m0/s1. The summed E-state index contributed by atoms with van der Waals surface area (Å²) in [6.07, 6.45) is 0.605. The monoisotopic (exact) mass is 512 g/mol. The van der Waals surface area contributed by atoms with Crippen LogP contribution in [0, 0.1) is 6.92 Å². The molecule has 0 bridgehead atoms. The second-order valence-corrected chi connectivity index (χ2v) is 10.0. The minimum absolute atomic E-state index is 0.0600. The van der Waals surface area contributed by atoms with Crippen molar-refractivity contribution in [3.05, 3.63) is 101 Å². The highest BCUT2D eigenvalue weighted by Gasteiger charge is 2.39. The molecule has 37 heavy (non-hydrogen) atoms. The molecule has 2 N–H and O–H groups in total. The van der Waals surface area contributed by atoms with E-state index in [9.17, 15) is 14.4 Å². The zero-order valence-corrected chi connectivity index (χ0v) is 20.8. The summed E-state index contributed by atoms with van der Waals surface area (Å²) in [5.74, 6) is -1.77. The number of hydrogen-bond donors (Lipinski definition) is 2. The molecule has 9 heteroatoms. The Hall–Kier alpha value is -4.24. The molecule has 0 spiro atoms. The number of aryl methyl sites for hydroxylation is 1. The first-order chi connectivity index (χ1) is 17.9. The van der Waals surface area contributed by atoms with Crippen molar-refractivity contribution in [2.45, 2.75) is 31.1 Å². The molecule has 8 nitrogen and oxygen atoms in total. The van der Waals surface area contributed by atoms with Gasteiger partial charge < -0.3 is 10.4 Å². The molecule has 3 aromatic rings. The molecule has 0 fully saturated rings. The van der Waals surface area contributed by atoms with Crippen LogP contribution < -0.4 is 5.32 Å². The van der Waals surface area contributed by atoms with E-state index in [1.807, 2.05) is 61.5 Å². The molecule has 2 amide bonds. The fourth-order valence-corrected chi connectivity index (χ4v) is 5.28. The highest BCUT2D eigenvalue weighted by Crippen LogP contribution is 2.38. The van der Waals surface area contributed by atoms with Gasteiger partial charge in [0.15, 0.2) is 5.17 Å². The number of nitrogens with one attached hydrogen (secondary N) is 1. The number of hydrazone groups is 1. The SMILES string of the molecule is Cc1ccc(C2=NN(C3=NC(=O)[C@H](CC(=O)Nc4ccc(C(=O)O)cc4)S3)[C@H](c3ccccc3)C2)cc1. The number of carbonyl (C=O) groups excluding carboxylic acids is 2. The van der Waals surface area contributed by atoms with Gasteiger partial charge in [0, 0.05) is 18.5 Å². The first kappa shape index (κ1) is 24.5. The highest BCUT2D eigenvalue weighted by atomic mass is 32.2. The van der Waals surface area contributed by atoms with Crippen molar-refractivity contribution in [3.8, 4) is 0 Å². The number of aliphatic imine (C=N–C) groups is 1. The number of hydrogen-bond acceptors (Lipinski definition) is 6. The van der Waals surface area contributed by atoms with Crippen LogP contribution >= 0.6 is 11.8 Å². The summed E-state index contributed by atoms with van der Waals surface area (Å²) in [5.41, 5.74) is 4.75. The lowest BCUT2D eigenvalue weighted by molar-refractivity contribution is -0.121. The Morgan fingerprint density at radius 1 is 1.03 bits per heavy atom. The van der Waals surface area contributed by atoms with Gasteiger partial charge in [0.25, 0.3) is 5.91 Å². The van der Waals surface area contributed by atoms with Gasteiger partial charge in [0.2, 0.25) is 5.91 Å². The number of amidine groups is 1. The number of benzene rings is 3. The molecule has 2 heterocycles. The third-order valence-electron chi connectivity index (χ3n) is 6.19. The van der Waals surface area contributed by atoms with Crippen LogP contribution in [0.3, 0.4) is 0 Å². The summed E-state index contributed by atoms with van der Waals surface area (Å²) in [4.78, 5) is 40.7. The summed E-state index contributed by atoms with van der Waals surface area (Å²) in [5, 5.41) is 18.2. The van der Waals surface area contributed by atoms with Gasteiger partial charge in [-0.05, 0) is 42.3 Å². The molecule has 3 aromatic carbocycles. The molecular formula is C28H24N4O4S. The Morgan fingerprint density at radius 2 is 1.73 bits per heavy atom. The van der Waals surface area contributed by atoms with Crippen molar-refractivity contribution in [2.24, 2.45) is 10.1 Å². The zero-order chi connectivity index (χ0) is 25.9. The number of aromatic carboxylic acids is 1. The van der Waals surface area contributed by atoms with E-state index in [4.69, 9.17) is 10.2 Å². The maximum atomic E-state index is 12.8. The third-order valence-corrected chi connectivity index (χ3v) is 7.33. The lowest BCUT2D eigenvalue weighted by atomic mass is 9.98. The van der Waals surface area contributed by atoms with E-state index in [2.05, 4.69) is 10.3 Å². The zero-order valence-electron chi connectivity index (χ0n) is 20.0. The normalized spacial score (nSPS) is 18.9. The van der Waals surface area contributed by atoms with Crippen molar-refractivity contribution in [3.63, 3.8) is 0 Å². The van der Waals surface area contributed by atoms with E-state index >= 15 is 0 Å². The van der Waals surface area contributed by atoms with Gasteiger partial charge in [-0.3, -0.25) is 9.59 Å². The smallest absolute Gasteiger partial charge is 0.335 e. The van der Waals surface area contributed by atoms with Crippen LogP contribution in [0.2, 0.25) is 0 Å². The van der Waals surface area contributed by atoms with E-state index < -0.39 is 11.2 Å². The van der Waals surface area contributed by atoms with Crippen molar-refractivity contribution in [2.75, 3.05) is 5.32 Å². The van der Waals surface area contributed by atoms with Crippen LogP contribution in [0.15, 0.2) is 89.0 Å². The molecular weight excluding hydrogens is 488 g/mol. The third kappa shape index (κ3) is 5.46. The number of carboxylic acid groups (broad SMARTS) is 1. The average molecular weight is 513 g/mol. The number of rotatable bonds is 6. The van der Waals surface area contributed by atoms with Gasteiger partial charge in [-0.2, -0.15) is 10.1 Å². The molecule has 186 valence electrons. The van der Waals surface area contributed by atoms with Gasteiger partial charge in [-0.15, -0.1) is 0 Å². The Labute approximate surface area is 218 Å². The molecule has 0 saturated carbocycles. The van der Waals surface area contributed by atoms with Crippen molar-refractivity contribution in [1.29, 1.82) is 0 Å². The van der Waals surface area contributed by atoms with Crippen molar-refractivity contribution < 1.29 is 19.5 Å². The van der Waals surface area contributed by atoms with E-state index in [-0.39, 0.29) is 29.8 Å². The topological polar surface area (TPSA) is 111 Å². The fraction of sp³-hybridized carbons (Fsp3) is 0.179. The second kappa shape index (κ2) is 10.4. The molecule has 0 radical (unpaired) electrons. The molecule has 2 aliphatic heterocycles. The number of amides is 2. The minimum atomic E-state index is -1.04. The molecule has 2 atom stereocenters. The Balaban J connectivity index is 1.31. The van der Waals surface area contributed by atoms with Crippen LogP contribution in [0.4, 0.5) is 5.69 Å². The number of carbonyl (C=O) groups is 3. The Morgan fingerprint density at radius 3 is 2.41 bits per heavy atom. The summed E-state index contributed by atoms with van der Waals surface area (Å²) >= 11 is 1.24. The fourth-order valence-electron chi connectivity index (χ4n) is 4.22. The van der Waals surface area contributed by atoms with Crippen LogP contribution in [-0.4, -0.2) is 44.0 Å². The predicted octanol–water partition coefficient (Wildman–Crippen LogP) is 4.87. The maximum Gasteiger partial charge on any atom is 0.335 e. The quantitative estimate of drug-likeness (QED) is 0.487. The summed E-state index contributed by atoms with van der Waals surface area (Å²) in [6.45, 7) is 2.04. The maximum absolute atomic E-state index is 12.8. The lowest BCUT2D eigenvalue weighted by Gasteiger charge is -2.23. The van der Waals surface area contributed by atoms with Gasteiger partial charge in [-0.25, -0.2) is 9.80 Å². The van der Waals surface area contributed by atoms with Crippen LogP contribution in [-0.2, 0) is 9.59 Å². The van der Waals surface area contributed by atoms with E-state index in [1.165, 1.54) is 41.6 Å². The van der Waals surface area contributed by atoms with Gasteiger partial charge >= 0.3 is 5.97 Å². The average Bonchev–Trinajstić information content (AvgIpc) is 3.49. The van der Waals surface area contributed by atoms with Gasteiger partial charge in [0.05, 0.1) is 17.3 Å². The lowest BCUT2D eigenvalue weighted by Crippen LogP contribution is -2.25. The molecule has 0 unspecified atom stereocenters. The van der Waals surface area contributed by atoms with Crippen LogP contribution in [0.1, 0.15) is 45.9 Å². The molecule has 2 aliphatic rings. The number of carboxylic acids is 1. The van der Waals surface area contributed by atoms with E-state index in [0.717, 1.165) is 16.8 Å². The number of nitrogens with zero attached hydrogens (tertiary/aromatic N) is 3. The number of anilines is 1. The van der Waals surface area contributed by atoms with Gasteiger partial charge in [0.1, 0.15) is 5.25 Å². The molecule has 0 aromatic heterocycles. The summed E-state index contributed by atoms with van der Waals surface area (Å²) in [7, 11) is 0. The van der Waals surface area contributed by atoms with Crippen LogP contribution in [0.25, 0.3) is 0 Å². The summed E-state index contributed by atoms with van der Waals surface area (Å²) < 4.78 is 0. The van der Waals surface area contributed by atoms with E-state index in [1.54, 1.807) is 5.01 Å². The first-order valence-electron chi connectivity index (χ1n) is 11.8. The minimum Gasteiger partial charge on any atom is -0.478 e. The molecule has 5 rings (SSSR count). The van der Waals surface area contributed by atoms with Crippen molar-refractivity contribution >= 4 is 46.1 Å².